The molecule has 132 valence electrons. The number of hydrogen-bond donors (Lipinski definition) is 0. The molecule has 1 amide bonds. The van der Waals surface area contributed by atoms with Crippen molar-refractivity contribution in [2.24, 2.45) is 0 Å². The molecule has 1 atom stereocenters. The maximum Gasteiger partial charge on any atom is 0.254 e. The Bertz CT molecular complexity index is 889. The molecule has 4 rings (SSSR count). The first-order valence-electron chi connectivity index (χ1n) is 8.88. The van der Waals surface area contributed by atoms with Crippen LogP contribution in [0.4, 0.5) is 0 Å². The molecule has 1 heterocycles. The number of fused-ring (bicyclic) bond motifs is 1. The van der Waals surface area contributed by atoms with Gasteiger partial charge in [0.15, 0.2) is 0 Å². The van der Waals surface area contributed by atoms with Crippen LogP contribution >= 0.6 is 0 Å². The van der Waals surface area contributed by atoms with Crippen LogP contribution in [0.25, 0.3) is 10.8 Å². The van der Waals surface area contributed by atoms with Crippen LogP contribution in [0.2, 0.25) is 0 Å². The lowest BCUT2D eigenvalue weighted by molar-refractivity contribution is -0.0399. The number of amides is 1. The highest BCUT2D eigenvalue weighted by molar-refractivity contribution is 5.94. The van der Waals surface area contributed by atoms with Gasteiger partial charge in [-0.25, -0.2) is 0 Å². The summed E-state index contributed by atoms with van der Waals surface area (Å²) in [4.78, 5) is 14.5. The van der Waals surface area contributed by atoms with Crippen molar-refractivity contribution >= 4 is 16.7 Å². The van der Waals surface area contributed by atoms with Gasteiger partial charge in [-0.15, -0.1) is 0 Å². The molecule has 0 bridgehead atoms. The van der Waals surface area contributed by atoms with Gasteiger partial charge in [-0.05, 0) is 23.6 Å². The van der Waals surface area contributed by atoms with Crippen molar-refractivity contribution in [3.05, 3.63) is 78.4 Å². The van der Waals surface area contributed by atoms with Crippen LogP contribution in [0, 0.1) is 0 Å². The Kier molecular flexibility index (Phi) is 4.84. The second kappa shape index (κ2) is 7.58. The highest BCUT2D eigenvalue weighted by atomic mass is 16.5. The van der Waals surface area contributed by atoms with E-state index in [0.29, 0.717) is 31.9 Å². The summed E-state index contributed by atoms with van der Waals surface area (Å²) in [6.07, 6.45) is -0.129. The van der Waals surface area contributed by atoms with E-state index in [1.165, 1.54) is 0 Å². The van der Waals surface area contributed by atoms with Crippen LogP contribution in [0.3, 0.4) is 0 Å². The van der Waals surface area contributed by atoms with E-state index in [2.05, 4.69) is 18.2 Å². The monoisotopic (exact) mass is 347 g/mol. The van der Waals surface area contributed by atoms with E-state index in [0.717, 1.165) is 16.5 Å². The molecule has 0 aromatic heterocycles. The molecule has 1 saturated heterocycles. The van der Waals surface area contributed by atoms with Crippen LogP contribution in [-0.4, -0.2) is 43.2 Å². The van der Waals surface area contributed by atoms with Crippen molar-refractivity contribution in [1.82, 2.24) is 4.90 Å². The molecule has 3 aromatic rings. The highest BCUT2D eigenvalue weighted by Gasteiger charge is 2.25. The number of rotatable bonds is 4. The van der Waals surface area contributed by atoms with Gasteiger partial charge >= 0.3 is 0 Å². The first kappa shape index (κ1) is 16.6. The van der Waals surface area contributed by atoms with E-state index >= 15 is 0 Å². The highest BCUT2D eigenvalue weighted by Crippen LogP contribution is 2.25. The van der Waals surface area contributed by atoms with E-state index in [-0.39, 0.29) is 12.0 Å². The van der Waals surface area contributed by atoms with Gasteiger partial charge in [0, 0.05) is 17.5 Å². The third kappa shape index (κ3) is 3.55. The minimum Gasteiger partial charge on any atom is -0.490 e. The Morgan fingerprint density at radius 1 is 1.00 bits per heavy atom. The van der Waals surface area contributed by atoms with Gasteiger partial charge in [0.2, 0.25) is 0 Å². The first-order chi connectivity index (χ1) is 12.8. The van der Waals surface area contributed by atoms with Crippen LogP contribution in [0.1, 0.15) is 10.4 Å². The summed E-state index contributed by atoms with van der Waals surface area (Å²) < 4.78 is 11.8. The zero-order valence-electron chi connectivity index (χ0n) is 14.5. The number of benzene rings is 3. The largest absolute Gasteiger partial charge is 0.490 e. The van der Waals surface area contributed by atoms with Crippen LogP contribution in [-0.2, 0) is 4.74 Å². The zero-order valence-corrected chi connectivity index (χ0v) is 14.5. The fourth-order valence-corrected chi connectivity index (χ4v) is 3.27. The molecular formula is C22H21NO3. The fraction of sp³-hybridized carbons (Fsp3) is 0.227. The Balaban J connectivity index is 1.41. The quantitative estimate of drug-likeness (QED) is 0.721. The summed E-state index contributed by atoms with van der Waals surface area (Å²) in [5.41, 5.74) is 0.711. The van der Waals surface area contributed by atoms with Gasteiger partial charge in [-0.2, -0.15) is 0 Å². The molecule has 1 fully saturated rings. The molecule has 0 aliphatic carbocycles. The normalized spacial score (nSPS) is 17.2. The van der Waals surface area contributed by atoms with Crippen LogP contribution in [0.5, 0.6) is 5.75 Å². The minimum absolute atomic E-state index is 0.0454. The topological polar surface area (TPSA) is 38.8 Å². The standard InChI is InChI=1S/C22H21NO3/c24-22(18-8-2-1-3-9-18)23-13-14-25-19(15-23)16-26-21-12-6-10-17-7-4-5-11-20(17)21/h1-12,19H,13-16H2/t19-/m1/s1. The Morgan fingerprint density at radius 2 is 1.77 bits per heavy atom. The third-order valence-electron chi connectivity index (χ3n) is 4.62. The number of morpholine rings is 1. The summed E-state index contributed by atoms with van der Waals surface area (Å²) >= 11 is 0. The maximum atomic E-state index is 12.6. The van der Waals surface area contributed by atoms with Gasteiger partial charge in [0.1, 0.15) is 18.5 Å². The maximum absolute atomic E-state index is 12.6. The van der Waals surface area contributed by atoms with Crippen LogP contribution in [0.15, 0.2) is 72.8 Å². The zero-order chi connectivity index (χ0) is 17.8. The summed E-state index contributed by atoms with van der Waals surface area (Å²) in [6.45, 7) is 2.10. The average Bonchev–Trinajstić information content (AvgIpc) is 2.72. The molecule has 0 N–H and O–H groups in total. The lowest BCUT2D eigenvalue weighted by atomic mass is 10.1. The Labute approximate surface area is 153 Å². The number of carbonyl (C=O) groups is 1. The molecule has 0 unspecified atom stereocenters. The van der Waals surface area contributed by atoms with E-state index in [1.54, 1.807) is 0 Å². The van der Waals surface area contributed by atoms with Crippen molar-refractivity contribution < 1.29 is 14.3 Å². The second-order valence-corrected chi connectivity index (χ2v) is 6.40. The minimum atomic E-state index is -0.129. The summed E-state index contributed by atoms with van der Waals surface area (Å²) in [6, 6.07) is 23.6. The first-order valence-corrected chi connectivity index (χ1v) is 8.88. The SMILES string of the molecule is O=C(c1ccccc1)N1CCO[C@@H](COc2cccc3ccccc23)C1. The van der Waals surface area contributed by atoms with Crippen LogP contribution < -0.4 is 4.74 Å². The van der Waals surface area contributed by atoms with E-state index in [1.807, 2.05) is 59.5 Å². The number of ether oxygens (including phenoxy) is 2. The van der Waals surface area contributed by atoms with Crippen molar-refractivity contribution in [3.8, 4) is 5.75 Å². The summed E-state index contributed by atoms with van der Waals surface area (Å²) in [7, 11) is 0. The molecule has 1 aliphatic rings. The van der Waals surface area contributed by atoms with Crippen molar-refractivity contribution in [3.63, 3.8) is 0 Å². The smallest absolute Gasteiger partial charge is 0.254 e. The molecule has 26 heavy (non-hydrogen) atoms. The van der Waals surface area contributed by atoms with Crippen molar-refractivity contribution in [2.45, 2.75) is 6.10 Å². The van der Waals surface area contributed by atoms with Gasteiger partial charge in [-0.3, -0.25) is 4.79 Å². The Morgan fingerprint density at radius 3 is 2.65 bits per heavy atom. The van der Waals surface area contributed by atoms with Crippen molar-refractivity contribution in [2.75, 3.05) is 26.3 Å². The number of nitrogens with zero attached hydrogens (tertiary/aromatic N) is 1. The third-order valence-corrected chi connectivity index (χ3v) is 4.62. The average molecular weight is 347 g/mol. The van der Waals surface area contributed by atoms with E-state index in [4.69, 9.17) is 9.47 Å². The van der Waals surface area contributed by atoms with E-state index < -0.39 is 0 Å². The molecule has 4 heteroatoms. The van der Waals surface area contributed by atoms with Gasteiger partial charge in [-0.1, -0.05) is 54.6 Å². The molecular weight excluding hydrogens is 326 g/mol. The lowest BCUT2D eigenvalue weighted by Crippen LogP contribution is -2.47. The fourth-order valence-electron chi connectivity index (χ4n) is 3.27. The molecule has 1 aliphatic heterocycles. The lowest BCUT2D eigenvalue weighted by Gasteiger charge is -2.33. The second-order valence-electron chi connectivity index (χ2n) is 6.40. The van der Waals surface area contributed by atoms with Crippen molar-refractivity contribution in [1.29, 1.82) is 0 Å². The van der Waals surface area contributed by atoms with E-state index in [9.17, 15) is 4.79 Å². The van der Waals surface area contributed by atoms with Gasteiger partial charge in [0.25, 0.3) is 5.91 Å². The molecule has 0 radical (unpaired) electrons. The molecule has 3 aromatic carbocycles. The van der Waals surface area contributed by atoms with Gasteiger partial charge in [0.05, 0.1) is 13.2 Å². The molecule has 0 spiro atoms. The summed E-state index contributed by atoms with van der Waals surface area (Å²) in [5, 5.41) is 2.23. The number of hydrogen-bond acceptors (Lipinski definition) is 3. The van der Waals surface area contributed by atoms with Gasteiger partial charge < -0.3 is 14.4 Å². The molecule has 0 saturated carbocycles. The number of carbonyl (C=O) groups excluding carboxylic acids is 1. The Hall–Kier alpha value is -2.85. The predicted octanol–water partition coefficient (Wildman–Crippen LogP) is 3.76. The molecule has 4 nitrogen and oxygen atoms in total. The summed E-state index contributed by atoms with van der Waals surface area (Å²) in [5.74, 6) is 0.891. The predicted molar refractivity (Wildman–Crippen MR) is 102 cm³/mol.